The second kappa shape index (κ2) is 5.88. The van der Waals surface area contributed by atoms with Crippen LogP contribution in [0.2, 0.25) is 0 Å². The first-order valence-corrected chi connectivity index (χ1v) is 8.63. The summed E-state index contributed by atoms with van der Waals surface area (Å²) < 4.78 is 27.4. The van der Waals surface area contributed by atoms with E-state index < -0.39 is 10.0 Å². The number of hydrogen-bond donors (Lipinski definition) is 1. The van der Waals surface area contributed by atoms with E-state index in [0.29, 0.717) is 17.2 Å². The number of rotatable bonds is 5. The van der Waals surface area contributed by atoms with Gasteiger partial charge in [0.05, 0.1) is 4.90 Å². The van der Waals surface area contributed by atoms with Crippen molar-refractivity contribution in [3.05, 3.63) is 34.8 Å². The zero-order valence-corrected chi connectivity index (χ0v) is 13.3. The number of sulfonamides is 1. The molecule has 0 aliphatic rings. The molecule has 20 heavy (non-hydrogen) atoms. The maximum atomic E-state index is 12.5. The molecule has 1 N–H and O–H groups in total. The number of anilines is 1. The second-order valence-electron chi connectivity index (χ2n) is 5.06. The Balaban J connectivity index is 2.41. The summed E-state index contributed by atoms with van der Waals surface area (Å²) in [7, 11) is -3.62. The van der Waals surface area contributed by atoms with Gasteiger partial charge < -0.3 is 0 Å². The summed E-state index contributed by atoms with van der Waals surface area (Å²) >= 11 is 1.16. The van der Waals surface area contributed by atoms with Gasteiger partial charge in [0, 0.05) is 0 Å². The minimum Gasteiger partial charge on any atom is -0.253 e. The van der Waals surface area contributed by atoms with E-state index in [1.807, 2.05) is 19.1 Å². The molecule has 7 heteroatoms. The van der Waals surface area contributed by atoms with Crippen LogP contribution in [0.5, 0.6) is 0 Å². The van der Waals surface area contributed by atoms with Gasteiger partial charge in [0.25, 0.3) is 10.0 Å². The third-order valence-corrected chi connectivity index (χ3v) is 4.88. The quantitative estimate of drug-likeness (QED) is 0.921. The van der Waals surface area contributed by atoms with Crippen LogP contribution in [-0.4, -0.2) is 18.6 Å². The Morgan fingerprint density at radius 3 is 2.70 bits per heavy atom. The Labute approximate surface area is 123 Å². The molecule has 2 rings (SSSR count). The number of nitrogens with zero attached hydrogens (tertiary/aromatic N) is 2. The maximum Gasteiger partial charge on any atom is 0.263 e. The zero-order valence-electron chi connectivity index (χ0n) is 11.6. The largest absolute Gasteiger partial charge is 0.263 e. The van der Waals surface area contributed by atoms with Gasteiger partial charge in [-0.1, -0.05) is 37.3 Å². The predicted octanol–water partition coefficient (Wildman–Crippen LogP) is 2.85. The number of hydrogen-bond acceptors (Lipinski definition) is 5. The summed E-state index contributed by atoms with van der Waals surface area (Å²) in [4.78, 5) is 0.321. The summed E-state index contributed by atoms with van der Waals surface area (Å²) in [6.07, 6.45) is 0.715. The van der Waals surface area contributed by atoms with Crippen LogP contribution in [0.4, 0.5) is 5.13 Å². The van der Waals surface area contributed by atoms with Gasteiger partial charge in [0.15, 0.2) is 0 Å². The van der Waals surface area contributed by atoms with E-state index in [9.17, 15) is 8.42 Å². The van der Waals surface area contributed by atoms with Gasteiger partial charge in [0.2, 0.25) is 5.13 Å². The minimum atomic E-state index is -3.62. The van der Waals surface area contributed by atoms with E-state index in [2.05, 4.69) is 28.8 Å². The van der Waals surface area contributed by atoms with Crippen LogP contribution >= 0.6 is 11.3 Å². The Morgan fingerprint density at radius 2 is 2.10 bits per heavy atom. The molecular weight excluding hydrogens is 294 g/mol. The van der Waals surface area contributed by atoms with Crippen molar-refractivity contribution in [2.75, 3.05) is 4.72 Å². The average molecular weight is 311 g/mol. The smallest absolute Gasteiger partial charge is 0.253 e. The van der Waals surface area contributed by atoms with Gasteiger partial charge >= 0.3 is 0 Å². The SMILES string of the molecule is Cc1ccc(CC(C)C)c(S(=O)(=O)Nc2nncs2)c1. The molecule has 0 bridgehead atoms. The van der Waals surface area contributed by atoms with Gasteiger partial charge in [-0.2, -0.15) is 0 Å². The molecule has 0 aliphatic heterocycles. The van der Waals surface area contributed by atoms with Crippen LogP contribution in [0.25, 0.3) is 0 Å². The lowest BCUT2D eigenvalue weighted by Crippen LogP contribution is -2.16. The van der Waals surface area contributed by atoms with Crippen molar-refractivity contribution in [3.63, 3.8) is 0 Å². The van der Waals surface area contributed by atoms with Crippen LogP contribution < -0.4 is 4.72 Å². The van der Waals surface area contributed by atoms with Crippen molar-refractivity contribution in [1.82, 2.24) is 10.2 Å². The fourth-order valence-corrected chi connectivity index (χ4v) is 3.94. The summed E-state index contributed by atoms with van der Waals surface area (Å²) in [5, 5.41) is 7.63. The molecule has 0 amide bonds. The van der Waals surface area contributed by atoms with E-state index >= 15 is 0 Å². The van der Waals surface area contributed by atoms with Crippen molar-refractivity contribution in [1.29, 1.82) is 0 Å². The topological polar surface area (TPSA) is 72.0 Å². The average Bonchev–Trinajstić information content (AvgIpc) is 2.82. The molecule has 0 aliphatic carbocycles. The highest BCUT2D eigenvalue weighted by Crippen LogP contribution is 2.23. The molecule has 108 valence electrons. The number of nitrogens with one attached hydrogen (secondary N) is 1. The van der Waals surface area contributed by atoms with Crippen molar-refractivity contribution in [3.8, 4) is 0 Å². The van der Waals surface area contributed by atoms with Crippen molar-refractivity contribution in [2.45, 2.75) is 32.1 Å². The molecule has 0 spiro atoms. The number of aryl methyl sites for hydroxylation is 1. The Bertz CT molecular complexity index is 680. The lowest BCUT2D eigenvalue weighted by atomic mass is 10.0. The van der Waals surface area contributed by atoms with Gasteiger partial charge in [-0.25, -0.2) is 8.42 Å². The van der Waals surface area contributed by atoms with Gasteiger partial charge in [-0.15, -0.1) is 10.2 Å². The van der Waals surface area contributed by atoms with Gasteiger partial charge in [-0.3, -0.25) is 4.72 Å². The monoisotopic (exact) mass is 311 g/mol. The summed E-state index contributed by atoms with van der Waals surface area (Å²) in [6, 6.07) is 5.51. The number of benzene rings is 1. The van der Waals surface area contributed by atoms with E-state index in [0.717, 1.165) is 22.5 Å². The van der Waals surface area contributed by atoms with E-state index in [4.69, 9.17) is 0 Å². The molecule has 0 atom stereocenters. The van der Waals surface area contributed by atoms with Crippen LogP contribution in [0, 0.1) is 12.8 Å². The van der Waals surface area contributed by atoms with Crippen LogP contribution in [0.1, 0.15) is 25.0 Å². The fraction of sp³-hybridized carbons (Fsp3) is 0.385. The number of aromatic nitrogens is 2. The summed E-state index contributed by atoms with van der Waals surface area (Å²) in [6.45, 7) is 6.01. The third kappa shape index (κ3) is 3.55. The highest BCUT2D eigenvalue weighted by molar-refractivity contribution is 7.93. The molecule has 0 radical (unpaired) electrons. The summed E-state index contributed by atoms with van der Waals surface area (Å²) in [5.74, 6) is 0.383. The fourth-order valence-electron chi connectivity index (χ4n) is 1.91. The first kappa shape index (κ1) is 14.9. The van der Waals surface area contributed by atoms with Crippen molar-refractivity contribution >= 4 is 26.5 Å². The molecular formula is C13H17N3O2S2. The normalized spacial score (nSPS) is 11.8. The lowest BCUT2D eigenvalue weighted by Gasteiger charge is -2.13. The standard InChI is InChI=1S/C13H17N3O2S2/c1-9(2)6-11-5-4-10(3)7-12(11)20(17,18)16-13-15-14-8-19-13/h4-5,7-9H,6H2,1-3H3,(H,15,16). The van der Waals surface area contributed by atoms with Crippen molar-refractivity contribution in [2.24, 2.45) is 5.92 Å². The lowest BCUT2D eigenvalue weighted by molar-refractivity contribution is 0.595. The third-order valence-electron chi connectivity index (χ3n) is 2.72. The first-order chi connectivity index (χ1) is 9.38. The molecule has 0 fully saturated rings. The van der Waals surface area contributed by atoms with E-state index in [1.54, 1.807) is 6.07 Å². The zero-order chi connectivity index (χ0) is 14.8. The van der Waals surface area contributed by atoms with E-state index in [-0.39, 0.29) is 5.13 Å². The molecule has 1 aromatic heterocycles. The highest BCUT2D eigenvalue weighted by Gasteiger charge is 2.20. The highest BCUT2D eigenvalue weighted by atomic mass is 32.2. The predicted molar refractivity (Wildman–Crippen MR) is 80.4 cm³/mol. The Kier molecular flexibility index (Phi) is 4.39. The molecule has 0 saturated carbocycles. The Hall–Kier alpha value is -1.47. The summed E-state index contributed by atoms with van der Waals surface area (Å²) in [5.41, 5.74) is 3.22. The molecule has 0 unspecified atom stereocenters. The van der Waals surface area contributed by atoms with Crippen molar-refractivity contribution < 1.29 is 8.42 Å². The molecule has 5 nitrogen and oxygen atoms in total. The molecule has 0 saturated heterocycles. The first-order valence-electron chi connectivity index (χ1n) is 6.27. The molecule has 1 heterocycles. The van der Waals surface area contributed by atoms with Gasteiger partial charge in [0.1, 0.15) is 5.51 Å². The van der Waals surface area contributed by atoms with Crippen LogP contribution in [0.3, 0.4) is 0 Å². The molecule has 1 aromatic carbocycles. The van der Waals surface area contributed by atoms with Gasteiger partial charge in [-0.05, 0) is 36.5 Å². The molecule has 2 aromatic rings. The Morgan fingerprint density at radius 1 is 1.35 bits per heavy atom. The van der Waals surface area contributed by atoms with Crippen LogP contribution in [-0.2, 0) is 16.4 Å². The van der Waals surface area contributed by atoms with E-state index in [1.165, 1.54) is 5.51 Å². The second-order valence-corrected chi connectivity index (χ2v) is 7.54. The minimum absolute atomic E-state index is 0.280. The maximum absolute atomic E-state index is 12.5. The van der Waals surface area contributed by atoms with Crippen LogP contribution in [0.15, 0.2) is 28.6 Å².